The highest BCUT2D eigenvalue weighted by Crippen LogP contribution is 2.17. The quantitative estimate of drug-likeness (QED) is 0.701. The van der Waals surface area contributed by atoms with E-state index < -0.39 is 5.69 Å². The normalized spacial score (nSPS) is 10.4. The molecule has 1 aromatic heterocycles. The van der Waals surface area contributed by atoms with Gasteiger partial charge in [-0.3, -0.25) is 4.79 Å². The van der Waals surface area contributed by atoms with E-state index >= 15 is 0 Å². The number of nitrogens with zero attached hydrogens (tertiary/aromatic N) is 3. The number of amides is 1. The largest absolute Gasteiger partial charge is 0.493 e. The van der Waals surface area contributed by atoms with Gasteiger partial charge < -0.3 is 10.1 Å². The standard InChI is InChI=1S/C16H14ClN5O3/c17-11-2-1-3-14(10-11)25-9-8-15(23)18-12-4-6-13(7-5-12)22-16(24)19-20-21-22/h1-7,10H,8-9H2,(H,18,23)(H,19,21,24). The Morgan fingerprint density at radius 1 is 1.24 bits per heavy atom. The van der Waals surface area contributed by atoms with Gasteiger partial charge in [-0.2, -0.15) is 4.68 Å². The molecule has 0 fully saturated rings. The number of anilines is 1. The number of aromatic amines is 1. The zero-order valence-electron chi connectivity index (χ0n) is 13.0. The summed E-state index contributed by atoms with van der Waals surface area (Å²) in [6, 6.07) is 13.6. The molecule has 1 amide bonds. The highest BCUT2D eigenvalue weighted by molar-refractivity contribution is 6.30. The smallest absolute Gasteiger partial charge is 0.365 e. The highest BCUT2D eigenvalue weighted by atomic mass is 35.5. The molecule has 3 aromatic rings. The monoisotopic (exact) mass is 359 g/mol. The van der Waals surface area contributed by atoms with Crippen LogP contribution < -0.4 is 15.7 Å². The summed E-state index contributed by atoms with van der Waals surface area (Å²) in [5.41, 5.74) is 0.712. The van der Waals surface area contributed by atoms with Gasteiger partial charge in [-0.1, -0.05) is 17.7 Å². The molecule has 0 radical (unpaired) electrons. The molecule has 0 aliphatic heterocycles. The van der Waals surface area contributed by atoms with Crippen LogP contribution in [0, 0.1) is 0 Å². The van der Waals surface area contributed by atoms with Gasteiger partial charge in [0, 0.05) is 10.7 Å². The molecule has 2 aromatic carbocycles. The Labute approximate surface area is 147 Å². The summed E-state index contributed by atoms with van der Waals surface area (Å²) in [5.74, 6) is 0.427. The Morgan fingerprint density at radius 2 is 2.04 bits per heavy atom. The zero-order chi connectivity index (χ0) is 17.6. The Bertz CT molecular complexity index is 920. The van der Waals surface area contributed by atoms with E-state index in [1.807, 2.05) is 0 Å². The molecular weight excluding hydrogens is 346 g/mol. The molecular formula is C16H14ClN5O3. The molecule has 3 rings (SSSR count). The number of H-pyrrole nitrogens is 1. The molecule has 0 unspecified atom stereocenters. The van der Waals surface area contributed by atoms with Gasteiger partial charge >= 0.3 is 5.69 Å². The van der Waals surface area contributed by atoms with E-state index in [1.165, 1.54) is 0 Å². The number of rotatable bonds is 6. The van der Waals surface area contributed by atoms with E-state index in [-0.39, 0.29) is 18.9 Å². The lowest BCUT2D eigenvalue weighted by Crippen LogP contribution is -2.17. The molecule has 9 heteroatoms. The second-order valence-corrected chi connectivity index (χ2v) is 5.51. The van der Waals surface area contributed by atoms with Crippen LogP contribution in [0.25, 0.3) is 5.69 Å². The van der Waals surface area contributed by atoms with Crippen molar-refractivity contribution in [2.24, 2.45) is 0 Å². The van der Waals surface area contributed by atoms with E-state index in [4.69, 9.17) is 16.3 Å². The van der Waals surface area contributed by atoms with Crippen molar-refractivity contribution in [2.45, 2.75) is 6.42 Å². The van der Waals surface area contributed by atoms with Crippen molar-refractivity contribution in [1.29, 1.82) is 0 Å². The van der Waals surface area contributed by atoms with Crippen molar-refractivity contribution in [3.63, 3.8) is 0 Å². The number of halogens is 1. The number of tetrazole rings is 1. The van der Waals surface area contributed by atoms with Crippen molar-refractivity contribution in [1.82, 2.24) is 20.2 Å². The first-order valence-electron chi connectivity index (χ1n) is 7.41. The number of benzene rings is 2. The van der Waals surface area contributed by atoms with Gasteiger partial charge in [0.25, 0.3) is 0 Å². The van der Waals surface area contributed by atoms with Crippen molar-refractivity contribution < 1.29 is 9.53 Å². The number of carbonyl (C=O) groups excluding carboxylic acids is 1. The summed E-state index contributed by atoms with van der Waals surface area (Å²) in [7, 11) is 0. The number of aromatic nitrogens is 4. The Balaban J connectivity index is 1.51. The van der Waals surface area contributed by atoms with Crippen molar-refractivity contribution in [2.75, 3.05) is 11.9 Å². The van der Waals surface area contributed by atoms with Gasteiger partial charge in [-0.15, -0.1) is 0 Å². The van der Waals surface area contributed by atoms with E-state index in [0.29, 0.717) is 22.1 Å². The lowest BCUT2D eigenvalue weighted by Gasteiger charge is -2.08. The van der Waals surface area contributed by atoms with E-state index in [0.717, 1.165) is 4.68 Å². The van der Waals surface area contributed by atoms with Gasteiger partial charge in [0.1, 0.15) is 5.75 Å². The van der Waals surface area contributed by atoms with Crippen molar-refractivity contribution in [3.05, 3.63) is 64.0 Å². The van der Waals surface area contributed by atoms with Crippen LogP contribution in [0.4, 0.5) is 5.69 Å². The van der Waals surface area contributed by atoms with Crippen LogP contribution in [0.1, 0.15) is 6.42 Å². The van der Waals surface area contributed by atoms with Crippen LogP contribution in [-0.4, -0.2) is 32.7 Å². The lowest BCUT2D eigenvalue weighted by molar-refractivity contribution is -0.116. The molecule has 0 saturated carbocycles. The zero-order valence-corrected chi connectivity index (χ0v) is 13.7. The number of carbonyl (C=O) groups is 1. The van der Waals surface area contributed by atoms with E-state index in [1.54, 1.807) is 48.5 Å². The molecule has 8 nitrogen and oxygen atoms in total. The molecule has 2 N–H and O–H groups in total. The molecule has 25 heavy (non-hydrogen) atoms. The summed E-state index contributed by atoms with van der Waals surface area (Å²) in [4.78, 5) is 23.4. The fourth-order valence-corrected chi connectivity index (χ4v) is 2.27. The summed E-state index contributed by atoms with van der Waals surface area (Å²) < 4.78 is 6.59. The summed E-state index contributed by atoms with van der Waals surface area (Å²) >= 11 is 5.86. The lowest BCUT2D eigenvalue weighted by atomic mass is 10.2. The minimum absolute atomic E-state index is 0.187. The summed E-state index contributed by atoms with van der Waals surface area (Å²) in [6.07, 6.45) is 0.191. The minimum Gasteiger partial charge on any atom is -0.493 e. The van der Waals surface area contributed by atoms with Crippen LogP contribution in [0.5, 0.6) is 5.75 Å². The van der Waals surface area contributed by atoms with Crippen LogP contribution in [0.2, 0.25) is 5.02 Å². The third-order valence-electron chi connectivity index (χ3n) is 3.26. The van der Waals surface area contributed by atoms with Gasteiger partial charge in [0.05, 0.1) is 18.7 Å². The number of ether oxygens (including phenoxy) is 1. The number of hydrogen-bond donors (Lipinski definition) is 2. The first-order valence-corrected chi connectivity index (χ1v) is 7.79. The maximum atomic E-state index is 11.9. The van der Waals surface area contributed by atoms with E-state index in [2.05, 4.69) is 20.8 Å². The predicted molar refractivity (Wildman–Crippen MR) is 92.2 cm³/mol. The predicted octanol–water partition coefficient (Wildman–Crippen LogP) is 2.02. The molecule has 0 saturated heterocycles. The molecule has 0 bridgehead atoms. The fraction of sp³-hybridized carbons (Fsp3) is 0.125. The van der Waals surface area contributed by atoms with Gasteiger partial charge in [-0.25, -0.2) is 9.89 Å². The minimum atomic E-state index is -0.435. The van der Waals surface area contributed by atoms with Gasteiger partial charge in [-0.05, 0) is 52.9 Å². The molecule has 0 spiro atoms. The summed E-state index contributed by atoms with van der Waals surface area (Å²) in [6.45, 7) is 0.235. The molecule has 0 aliphatic rings. The summed E-state index contributed by atoms with van der Waals surface area (Å²) in [5, 5.41) is 12.6. The number of hydrogen-bond acceptors (Lipinski definition) is 5. The average molecular weight is 360 g/mol. The van der Waals surface area contributed by atoms with Crippen LogP contribution >= 0.6 is 11.6 Å². The van der Waals surface area contributed by atoms with Crippen molar-refractivity contribution in [3.8, 4) is 11.4 Å². The average Bonchev–Trinajstić information content (AvgIpc) is 3.02. The third-order valence-corrected chi connectivity index (χ3v) is 3.50. The Morgan fingerprint density at radius 3 is 2.72 bits per heavy atom. The van der Waals surface area contributed by atoms with E-state index in [9.17, 15) is 9.59 Å². The first-order chi connectivity index (χ1) is 12.1. The van der Waals surface area contributed by atoms with Crippen LogP contribution in [0.3, 0.4) is 0 Å². The Kier molecular flexibility index (Phi) is 5.10. The maximum Gasteiger partial charge on any atom is 0.365 e. The van der Waals surface area contributed by atoms with Gasteiger partial charge in [0.2, 0.25) is 5.91 Å². The third kappa shape index (κ3) is 4.45. The molecule has 0 atom stereocenters. The SMILES string of the molecule is O=C(CCOc1cccc(Cl)c1)Nc1ccc(-n2nn[nH]c2=O)cc1. The van der Waals surface area contributed by atoms with Crippen LogP contribution in [0.15, 0.2) is 53.3 Å². The van der Waals surface area contributed by atoms with Gasteiger partial charge in [0.15, 0.2) is 0 Å². The maximum absolute atomic E-state index is 11.9. The first kappa shape index (κ1) is 16.7. The topological polar surface area (TPSA) is 102 Å². The number of nitrogens with one attached hydrogen (secondary N) is 2. The van der Waals surface area contributed by atoms with Crippen molar-refractivity contribution >= 4 is 23.2 Å². The molecule has 0 aliphatic carbocycles. The molecule has 1 heterocycles. The second kappa shape index (κ2) is 7.63. The Hall–Kier alpha value is -3.13. The fourth-order valence-electron chi connectivity index (χ4n) is 2.09. The second-order valence-electron chi connectivity index (χ2n) is 5.07. The highest BCUT2D eigenvalue weighted by Gasteiger charge is 2.06. The molecule has 128 valence electrons. The van der Waals surface area contributed by atoms with Crippen LogP contribution in [-0.2, 0) is 4.79 Å².